The standard InChI is InChI=1S/C19H20ClN3O4/c1-11-6-7-14(9-12(11)2)19(26)22-10-16(24)27-13(3)18(25)23-15-5-4-8-21-17(15)20/h4-9,13H,10H2,1-3H3,(H,22,26)(H,23,25)/t13-/m1/s1. The molecule has 8 heteroatoms. The van der Waals surface area contributed by atoms with Crippen LogP contribution in [0.4, 0.5) is 5.69 Å². The van der Waals surface area contributed by atoms with Crippen molar-refractivity contribution in [1.82, 2.24) is 10.3 Å². The molecule has 1 heterocycles. The molecule has 1 aromatic carbocycles. The molecular weight excluding hydrogens is 370 g/mol. The van der Waals surface area contributed by atoms with E-state index in [9.17, 15) is 14.4 Å². The van der Waals surface area contributed by atoms with Gasteiger partial charge in [0.1, 0.15) is 6.54 Å². The maximum atomic E-state index is 12.1. The molecule has 0 aliphatic heterocycles. The van der Waals surface area contributed by atoms with Gasteiger partial charge in [0.05, 0.1) is 5.69 Å². The first kappa shape index (κ1) is 20.4. The van der Waals surface area contributed by atoms with E-state index < -0.39 is 23.9 Å². The van der Waals surface area contributed by atoms with Gasteiger partial charge in [0.25, 0.3) is 11.8 Å². The van der Waals surface area contributed by atoms with Gasteiger partial charge in [0, 0.05) is 11.8 Å². The lowest BCUT2D eigenvalue weighted by Gasteiger charge is -2.14. The molecule has 2 aromatic rings. The van der Waals surface area contributed by atoms with Crippen LogP contribution in [0.15, 0.2) is 36.5 Å². The molecule has 2 rings (SSSR count). The number of carbonyl (C=O) groups excluding carboxylic acids is 3. The van der Waals surface area contributed by atoms with Crippen molar-refractivity contribution in [1.29, 1.82) is 0 Å². The highest BCUT2D eigenvalue weighted by Crippen LogP contribution is 2.17. The Balaban J connectivity index is 1.83. The van der Waals surface area contributed by atoms with Gasteiger partial charge >= 0.3 is 5.97 Å². The van der Waals surface area contributed by atoms with E-state index in [1.165, 1.54) is 13.1 Å². The second kappa shape index (κ2) is 9.14. The van der Waals surface area contributed by atoms with Crippen LogP contribution >= 0.6 is 11.6 Å². The summed E-state index contributed by atoms with van der Waals surface area (Å²) >= 11 is 5.86. The molecule has 0 spiro atoms. The lowest BCUT2D eigenvalue weighted by atomic mass is 10.1. The third-order valence-electron chi connectivity index (χ3n) is 3.86. The van der Waals surface area contributed by atoms with Crippen LogP contribution in [0.2, 0.25) is 5.15 Å². The molecular formula is C19H20ClN3O4. The molecule has 2 amide bonds. The number of esters is 1. The normalized spacial score (nSPS) is 11.4. The highest BCUT2D eigenvalue weighted by atomic mass is 35.5. The number of hydrogen-bond donors (Lipinski definition) is 2. The smallest absolute Gasteiger partial charge is 0.326 e. The van der Waals surface area contributed by atoms with Crippen LogP contribution in [0.5, 0.6) is 0 Å². The number of rotatable bonds is 6. The number of aryl methyl sites for hydroxylation is 2. The van der Waals surface area contributed by atoms with E-state index in [-0.39, 0.29) is 11.7 Å². The van der Waals surface area contributed by atoms with Gasteiger partial charge in [-0.3, -0.25) is 14.4 Å². The zero-order valence-corrected chi connectivity index (χ0v) is 16.0. The second-order valence-electron chi connectivity index (χ2n) is 5.94. The fraction of sp³-hybridized carbons (Fsp3) is 0.263. The summed E-state index contributed by atoms with van der Waals surface area (Å²) in [5.41, 5.74) is 2.81. The average Bonchev–Trinajstić information content (AvgIpc) is 2.63. The van der Waals surface area contributed by atoms with Crippen molar-refractivity contribution in [2.24, 2.45) is 0 Å². The van der Waals surface area contributed by atoms with Crippen molar-refractivity contribution >= 4 is 35.1 Å². The third-order valence-corrected chi connectivity index (χ3v) is 4.16. The zero-order valence-electron chi connectivity index (χ0n) is 15.2. The monoisotopic (exact) mass is 389 g/mol. The number of nitrogens with one attached hydrogen (secondary N) is 2. The highest BCUT2D eigenvalue weighted by Gasteiger charge is 2.19. The molecule has 1 aromatic heterocycles. The summed E-state index contributed by atoms with van der Waals surface area (Å²) in [7, 11) is 0. The fourth-order valence-corrected chi connectivity index (χ4v) is 2.31. The van der Waals surface area contributed by atoms with Crippen LogP contribution in [0.1, 0.15) is 28.4 Å². The molecule has 0 saturated heterocycles. The summed E-state index contributed by atoms with van der Waals surface area (Å²) in [6, 6.07) is 8.44. The number of benzene rings is 1. The Labute approximate surface area is 162 Å². The third kappa shape index (κ3) is 5.79. The first-order valence-electron chi connectivity index (χ1n) is 8.24. The van der Waals surface area contributed by atoms with Gasteiger partial charge in [-0.15, -0.1) is 0 Å². The summed E-state index contributed by atoms with van der Waals surface area (Å²) in [5.74, 6) is -1.68. The van der Waals surface area contributed by atoms with E-state index in [1.54, 1.807) is 24.3 Å². The topological polar surface area (TPSA) is 97.4 Å². The Hall–Kier alpha value is -2.93. The number of carbonyl (C=O) groups is 3. The van der Waals surface area contributed by atoms with Crippen LogP contribution in [-0.4, -0.2) is 35.4 Å². The maximum Gasteiger partial charge on any atom is 0.326 e. The summed E-state index contributed by atoms with van der Waals surface area (Å²) in [5, 5.41) is 5.12. The van der Waals surface area contributed by atoms with Crippen LogP contribution in [0.3, 0.4) is 0 Å². The number of amides is 2. The molecule has 0 unspecified atom stereocenters. The molecule has 142 valence electrons. The first-order chi connectivity index (χ1) is 12.8. The van der Waals surface area contributed by atoms with E-state index in [0.717, 1.165) is 11.1 Å². The summed E-state index contributed by atoms with van der Waals surface area (Å²) in [4.78, 5) is 39.9. The largest absolute Gasteiger partial charge is 0.451 e. The van der Waals surface area contributed by atoms with Crippen LogP contribution in [-0.2, 0) is 14.3 Å². The number of ether oxygens (including phenoxy) is 1. The molecule has 0 fully saturated rings. The summed E-state index contributed by atoms with van der Waals surface area (Å²) < 4.78 is 5.02. The molecule has 0 saturated carbocycles. The van der Waals surface area contributed by atoms with Gasteiger partial charge in [-0.2, -0.15) is 0 Å². The number of aromatic nitrogens is 1. The molecule has 1 atom stereocenters. The van der Waals surface area contributed by atoms with Crippen molar-refractivity contribution in [3.05, 3.63) is 58.4 Å². The van der Waals surface area contributed by atoms with E-state index in [2.05, 4.69) is 15.6 Å². The maximum absolute atomic E-state index is 12.1. The second-order valence-corrected chi connectivity index (χ2v) is 6.30. The van der Waals surface area contributed by atoms with Gasteiger partial charge in [0.2, 0.25) is 0 Å². The SMILES string of the molecule is Cc1ccc(C(=O)NCC(=O)O[C@H](C)C(=O)Nc2cccnc2Cl)cc1C. The summed E-state index contributed by atoms with van der Waals surface area (Å²) in [6.45, 7) is 4.91. The number of pyridine rings is 1. The van der Waals surface area contributed by atoms with Crippen molar-refractivity contribution in [2.45, 2.75) is 26.9 Å². The van der Waals surface area contributed by atoms with Gasteiger partial charge in [-0.05, 0) is 56.2 Å². The summed E-state index contributed by atoms with van der Waals surface area (Å²) in [6.07, 6.45) is 0.423. The average molecular weight is 390 g/mol. The molecule has 2 N–H and O–H groups in total. The zero-order chi connectivity index (χ0) is 20.0. The van der Waals surface area contributed by atoms with E-state index in [4.69, 9.17) is 16.3 Å². The molecule has 0 radical (unpaired) electrons. The van der Waals surface area contributed by atoms with E-state index >= 15 is 0 Å². The van der Waals surface area contributed by atoms with Gasteiger partial charge in [-0.25, -0.2) is 4.98 Å². The highest BCUT2D eigenvalue weighted by molar-refractivity contribution is 6.32. The molecule has 0 aliphatic carbocycles. The van der Waals surface area contributed by atoms with Crippen molar-refractivity contribution in [3.63, 3.8) is 0 Å². The predicted molar refractivity (Wildman–Crippen MR) is 102 cm³/mol. The van der Waals surface area contributed by atoms with Crippen molar-refractivity contribution in [3.8, 4) is 0 Å². The Bertz CT molecular complexity index is 870. The minimum absolute atomic E-state index is 0.130. The molecule has 0 bridgehead atoms. The van der Waals surface area contributed by atoms with Crippen molar-refractivity contribution in [2.75, 3.05) is 11.9 Å². The number of nitrogens with zero attached hydrogens (tertiary/aromatic N) is 1. The van der Waals surface area contributed by atoms with Crippen LogP contribution < -0.4 is 10.6 Å². The number of anilines is 1. The van der Waals surface area contributed by atoms with E-state index in [0.29, 0.717) is 11.3 Å². The fourth-order valence-electron chi connectivity index (χ4n) is 2.14. The Morgan fingerprint density at radius 3 is 2.59 bits per heavy atom. The molecule has 0 aliphatic rings. The van der Waals surface area contributed by atoms with Crippen LogP contribution in [0.25, 0.3) is 0 Å². The van der Waals surface area contributed by atoms with Crippen molar-refractivity contribution < 1.29 is 19.1 Å². The minimum Gasteiger partial charge on any atom is -0.451 e. The Morgan fingerprint density at radius 2 is 1.93 bits per heavy atom. The van der Waals surface area contributed by atoms with Crippen LogP contribution in [0, 0.1) is 13.8 Å². The van der Waals surface area contributed by atoms with Gasteiger partial charge in [-0.1, -0.05) is 17.7 Å². The molecule has 27 heavy (non-hydrogen) atoms. The lowest BCUT2D eigenvalue weighted by molar-refractivity contribution is -0.152. The minimum atomic E-state index is -1.06. The number of halogens is 1. The Kier molecular flexibility index (Phi) is 6.90. The van der Waals surface area contributed by atoms with E-state index in [1.807, 2.05) is 19.9 Å². The molecule has 7 nitrogen and oxygen atoms in total. The van der Waals surface area contributed by atoms with Gasteiger partial charge < -0.3 is 15.4 Å². The lowest BCUT2D eigenvalue weighted by Crippen LogP contribution is -2.35. The van der Waals surface area contributed by atoms with Gasteiger partial charge in [0.15, 0.2) is 11.3 Å². The number of hydrogen-bond acceptors (Lipinski definition) is 5. The first-order valence-corrected chi connectivity index (χ1v) is 8.62. The quantitative estimate of drug-likeness (QED) is 0.584. The predicted octanol–water partition coefficient (Wildman–Crippen LogP) is 2.65. The Morgan fingerprint density at radius 1 is 1.19 bits per heavy atom.